The van der Waals surface area contributed by atoms with Crippen LogP contribution in [-0.4, -0.2) is 20.5 Å². The number of nitro groups is 1. The van der Waals surface area contributed by atoms with Gasteiger partial charge in [-0.25, -0.2) is 8.42 Å². The van der Waals surface area contributed by atoms with E-state index in [1.807, 2.05) is 12.1 Å². The molecule has 0 saturated carbocycles. The Labute approximate surface area is 140 Å². The first-order valence-corrected chi connectivity index (χ1v) is 8.80. The Kier molecular flexibility index (Phi) is 5.40. The van der Waals surface area contributed by atoms with E-state index in [4.69, 9.17) is 4.74 Å². The van der Waals surface area contributed by atoms with E-state index in [0.717, 1.165) is 24.5 Å². The lowest BCUT2D eigenvalue weighted by molar-refractivity contribution is -0.386. The van der Waals surface area contributed by atoms with Gasteiger partial charge in [-0.3, -0.25) is 14.8 Å². The van der Waals surface area contributed by atoms with Crippen LogP contribution in [0.1, 0.15) is 18.9 Å². The van der Waals surface area contributed by atoms with Gasteiger partial charge >= 0.3 is 5.69 Å². The van der Waals surface area contributed by atoms with Gasteiger partial charge in [0.05, 0.1) is 16.9 Å². The molecule has 0 radical (unpaired) electrons. The SMILES string of the molecule is CCCc1ccc(NS(=O)(=O)c2ccc(OC)c([N+](=O)[O-])c2)cc1. The number of benzene rings is 2. The van der Waals surface area contributed by atoms with Crippen molar-refractivity contribution in [2.75, 3.05) is 11.8 Å². The monoisotopic (exact) mass is 350 g/mol. The summed E-state index contributed by atoms with van der Waals surface area (Å²) in [4.78, 5) is 10.1. The summed E-state index contributed by atoms with van der Waals surface area (Å²) in [5.74, 6) is 0.00266. The molecule has 0 aliphatic heterocycles. The molecule has 0 fully saturated rings. The predicted molar refractivity (Wildman–Crippen MR) is 90.9 cm³/mol. The molecule has 8 heteroatoms. The third kappa shape index (κ3) is 4.02. The minimum atomic E-state index is -3.93. The van der Waals surface area contributed by atoms with Gasteiger partial charge in [-0.15, -0.1) is 0 Å². The lowest BCUT2D eigenvalue weighted by Gasteiger charge is -2.10. The van der Waals surface area contributed by atoms with Crippen LogP contribution < -0.4 is 9.46 Å². The van der Waals surface area contributed by atoms with E-state index >= 15 is 0 Å². The molecular weight excluding hydrogens is 332 g/mol. The van der Waals surface area contributed by atoms with Gasteiger partial charge in [0.25, 0.3) is 10.0 Å². The fraction of sp³-hybridized carbons (Fsp3) is 0.250. The van der Waals surface area contributed by atoms with Crippen LogP contribution in [0.2, 0.25) is 0 Å². The maximum Gasteiger partial charge on any atom is 0.312 e. The van der Waals surface area contributed by atoms with Crippen LogP contribution in [-0.2, 0) is 16.4 Å². The normalized spacial score (nSPS) is 11.1. The van der Waals surface area contributed by atoms with E-state index in [1.54, 1.807) is 12.1 Å². The molecule has 0 amide bonds. The number of ether oxygens (including phenoxy) is 1. The number of hydrogen-bond donors (Lipinski definition) is 1. The Balaban J connectivity index is 2.30. The molecule has 128 valence electrons. The molecule has 0 aliphatic carbocycles. The van der Waals surface area contributed by atoms with Crippen LogP contribution in [0.25, 0.3) is 0 Å². The van der Waals surface area contributed by atoms with E-state index in [9.17, 15) is 18.5 Å². The Bertz CT molecular complexity index is 832. The van der Waals surface area contributed by atoms with E-state index in [0.29, 0.717) is 5.69 Å². The first-order valence-electron chi connectivity index (χ1n) is 7.31. The molecule has 0 heterocycles. The summed E-state index contributed by atoms with van der Waals surface area (Å²) in [6.07, 6.45) is 1.91. The minimum Gasteiger partial charge on any atom is -0.490 e. The Morgan fingerprint density at radius 2 is 1.83 bits per heavy atom. The molecule has 0 atom stereocenters. The highest BCUT2D eigenvalue weighted by atomic mass is 32.2. The number of nitrogens with one attached hydrogen (secondary N) is 1. The largest absolute Gasteiger partial charge is 0.490 e. The third-order valence-corrected chi connectivity index (χ3v) is 4.78. The summed E-state index contributed by atoms with van der Waals surface area (Å²) >= 11 is 0. The molecule has 2 aromatic carbocycles. The number of hydrogen-bond acceptors (Lipinski definition) is 5. The zero-order valence-electron chi connectivity index (χ0n) is 13.4. The Morgan fingerprint density at radius 1 is 1.17 bits per heavy atom. The van der Waals surface area contributed by atoms with Crippen LogP contribution in [0.15, 0.2) is 47.4 Å². The summed E-state index contributed by atoms with van der Waals surface area (Å²) in [5, 5.41) is 11.0. The second kappa shape index (κ2) is 7.31. The average molecular weight is 350 g/mol. The van der Waals surface area contributed by atoms with Gasteiger partial charge in [0.15, 0.2) is 5.75 Å². The highest BCUT2D eigenvalue weighted by molar-refractivity contribution is 7.92. The molecule has 0 unspecified atom stereocenters. The van der Waals surface area contributed by atoms with Gasteiger partial charge < -0.3 is 4.74 Å². The maximum atomic E-state index is 12.4. The van der Waals surface area contributed by atoms with Crippen LogP contribution in [0.3, 0.4) is 0 Å². The Hall–Kier alpha value is -2.61. The molecular formula is C16H18N2O5S. The predicted octanol–water partition coefficient (Wildman–Crippen LogP) is 3.36. The van der Waals surface area contributed by atoms with Gasteiger partial charge in [-0.05, 0) is 36.2 Å². The second-order valence-corrected chi connectivity index (χ2v) is 6.83. The average Bonchev–Trinajstić information content (AvgIpc) is 2.56. The Morgan fingerprint density at radius 3 is 2.38 bits per heavy atom. The van der Waals surface area contributed by atoms with Crippen molar-refractivity contribution in [1.29, 1.82) is 0 Å². The van der Waals surface area contributed by atoms with Crippen LogP contribution in [0.5, 0.6) is 5.75 Å². The molecule has 7 nitrogen and oxygen atoms in total. The van der Waals surface area contributed by atoms with Crippen molar-refractivity contribution >= 4 is 21.4 Å². The van der Waals surface area contributed by atoms with Crippen molar-refractivity contribution in [3.8, 4) is 5.75 Å². The van der Waals surface area contributed by atoms with Crippen molar-refractivity contribution < 1.29 is 18.1 Å². The number of aryl methyl sites for hydroxylation is 1. The molecule has 0 bridgehead atoms. The van der Waals surface area contributed by atoms with Crippen LogP contribution >= 0.6 is 0 Å². The number of nitro benzene ring substituents is 1. The number of methoxy groups -OCH3 is 1. The summed E-state index contributed by atoms with van der Waals surface area (Å²) in [6, 6.07) is 10.5. The molecule has 0 spiro atoms. The zero-order valence-corrected chi connectivity index (χ0v) is 14.2. The first-order chi connectivity index (χ1) is 11.4. The van der Waals surface area contributed by atoms with Crippen molar-refractivity contribution in [1.82, 2.24) is 0 Å². The van der Waals surface area contributed by atoms with Gasteiger partial charge in [0.1, 0.15) is 0 Å². The minimum absolute atomic E-state index is 0.00266. The lowest BCUT2D eigenvalue weighted by Crippen LogP contribution is -2.13. The van der Waals surface area contributed by atoms with Gasteiger partial charge in [0, 0.05) is 11.8 Å². The van der Waals surface area contributed by atoms with Crippen LogP contribution in [0.4, 0.5) is 11.4 Å². The lowest BCUT2D eigenvalue weighted by atomic mass is 10.1. The van der Waals surface area contributed by atoms with Gasteiger partial charge in [0.2, 0.25) is 0 Å². The van der Waals surface area contributed by atoms with Gasteiger partial charge in [-0.1, -0.05) is 25.5 Å². The summed E-state index contributed by atoms with van der Waals surface area (Å²) in [7, 11) is -2.65. The molecule has 24 heavy (non-hydrogen) atoms. The third-order valence-electron chi connectivity index (χ3n) is 3.40. The second-order valence-electron chi connectivity index (χ2n) is 5.14. The first kappa shape index (κ1) is 17.7. The quantitative estimate of drug-likeness (QED) is 0.610. The number of rotatable bonds is 7. The topological polar surface area (TPSA) is 98.5 Å². The van der Waals surface area contributed by atoms with E-state index < -0.39 is 20.6 Å². The summed E-state index contributed by atoms with van der Waals surface area (Å²) in [6.45, 7) is 2.06. The van der Waals surface area contributed by atoms with E-state index in [1.165, 1.54) is 19.2 Å². The van der Waals surface area contributed by atoms with Gasteiger partial charge in [-0.2, -0.15) is 0 Å². The number of nitrogens with zero attached hydrogens (tertiary/aromatic N) is 1. The highest BCUT2D eigenvalue weighted by Crippen LogP contribution is 2.30. The standard InChI is InChI=1S/C16H18N2O5S/c1-3-4-12-5-7-13(8-6-12)17-24(21,22)14-9-10-16(23-2)15(11-14)18(19)20/h5-11,17H,3-4H2,1-2H3. The van der Waals surface area contributed by atoms with Crippen molar-refractivity contribution in [3.63, 3.8) is 0 Å². The maximum absolute atomic E-state index is 12.4. The molecule has 0 saturated heterocycles. The smallest absolute Gasteiger partial charge is 0.312 e. The zero-order chi connectivity index (χ0) is 17.7. The van der Waals surface area contributed by atoms with E-state index in [-0.39, 0.29) is 10.6 Å². The number of sulfonamides is 1. The van der Waals surface area contributed by atoms with Crippen molar-refractivity contribution in [3.05, 3.63) is 58.1 Å². The van der Waals surface area contributed by atoms with Crippen molar-refractivity contribution in [2.24, 2.45) is 0 Å². The summed E-state index contributed by atoms with van der Waals surface area (Å²) < 4.78 is 32.1. The van der Waals surface area contributed by atoms with Crippen molar-refractivity contribution in [2.45, 2.75) is 24.7 Å². The fourth-order valence-corrected chi connectivity index (χ4v) is 3.30. The molecule has 2 aromatic rings. The molecule has 0 aromatic heterocycles. The van der Waals surface area contributed by atoms with E-state index in [2.05, 4.69) is 11.6 Å². The fourth-order valence-electron chi connectivity index (χ4n) is 2.22. The molecule has 1 N–H and O–H groups in total. The molecule has 2 rings (SSSR count). The molecule has 0 aliphatic rings. The highest BCUT2D eigenvalue weighted by Gasteiger charge is 2.22. The number of anilines is 1. The summed E-state index contributed by atoms with van der Waals surface area (Å²) in [5.41, 5.74) is 1.10. The van der Waals surface area contributed by atoms with Crippen LogP contribution in [0, 0.1) is 10.1 Å².